The van der Waals surface area contributed by atoms with Crippen molar-refractivity contribution in [2.45, 2.75) is 40.9 Å². The molecule has 0 aromatic rings. The Hall–Kier alpha value is -2.74. The summed E-state index contributed by atoms with van der Waals surface area (Å²) in [6.45, 7) is 9.99. The monoisotopic (exact) mass is 510 g/mol. The fourth-order valence-corrected chi connectivity index (χ4v) is 2.12. The second kappa shape index (κ2) is 23.0. The van der Waals surface area contributed by atoms with Crippen LogP contribution in [0.25, 0.3) is 0 Å². The molecule has 204 valence electrons. The summed E-state index contributed by atoms with van der Waals surface area (Å²) in [7, 11) is 0. The van der Waals surface area contributed by atoms with Crippen LogP contribution in [0.2, 0.25) is 0 Å². The van der Waals surface area contributed by atoms with Gasteiger partial charge in [0.1, 0.15) is 6.26 Å². The lowest BCUT2D eigenvalue weighted by Gasteiger charge is -2.18. The highest BCUT2D eigenvalue weighted by molar-refractivity contribution is 6.13. The molecule has 0 atom stereocenters. The number of aliphatic hydroxyl groups is 2. The Morgan fingerprint density at radius 2 is 1.14 bits per heavy atom. The number of rotatable bonds is 12. The topological polar surface area (TPSA) is 173 Å². The number of esters is 4. The Labute approximate surface area is 205 Å². The highest BCUT2D eigenvalue weighted by atomic mass is 16.7. The molecule has 0 aromatic heterocycles. The van der Waals surface area contributed by atoms with Gasteiger partial charge in [-0.15, -0.1) is 0 Å². The molecule has 1 heterocycles. The van der Waals surface area contributed by atoms with E-state index in [1.54, 1.807) is 34.6 Å². The Morgan fingerprint density at radius 3 is 1.46 bits per heavy atom. The predicted octanol–water partition coefficient (Wildman–Crippen LogP) is 0.106. The van der Waals surface area contributed by atoms with Crippen molar-refractivity contribution in [3.8, 4) is 0 Å². The average Bonchev–Trinajstić information content (AvgIpc) is 3.35. The van der Waals surface area contributed by atoms with Crippen molar-refractivity contribution in [2.24, 2.45) is 5.92 Å². The first-order valence-electron chi connectivity index (χ1n) is 11.2. The molecule has 1 rings (SSSR count). The maximum atomic E-state index is 11.6. The lowest BCUT2D eigenvalue weighted by Crippen LogP contribution is -2.38. The molecular weight excluding hydrogens is 472 g/mol. The molecule has 0 bridgehead atoms. The molecule has 0 aromatic carbocycles. The molecule has 13 heteroatoms. The van der Waals surface area contributed by atoms with Crippen LogP contribution < -0.4 is 0 Å². The predicted molar refractivity (Wildman–Crippen MR) is 120 cm³/mol. The van der Waals surface area contributed by atoms with E-state index in [1.807, 2.05) is 0 Å². The van der Waals surface area contributed by atoms with E-state index >= 15 is 0 Å². The van der Waals surface area contributed by atoms with Crippen LogP contribution in [0.5, 0.6) is 0 Å². The molecule has 1 aliphatic heterocycles. The van der Waals surface area contributed by atoms with Crippen LogP contribution in [-0.4, -0.2) is 99.8 Å². The van der Waals surface area contributed by atoms with Gasteiger partial charge < -0.3 is 43.4 Å². The highest BCUT2D eigenvalue weighted by Gasteiger charge is 2.41. The van der Waals surface area contributed by atoms with Gasteiger partial charge in [0, 0.05) is 0 Å². The molecule has 1 aliphatic rings. The molecule has 1 saturated heterocycles. The molecule has 1 fully saturated rings. The van der Waals surface area contributed by atoms with E-state index in [1.165, 1.54) is 0 Å². The molecule has 0 aliphatic carbocycles. The van der Waals surface area contributed by atoms with E-state index in [0.29, 0.717) is 19.8 Å². The van der Waals surface area contributed by atoms with Gasteiger partial charge in [-0.3, -0.25) is 9.59 Å². The Bertz CT molecular complexity index is 587. The summed E-state index contributed by atoms with van der Waals surface area (Å²) in [4.78, 5) is 45.7. The standard InChI is InChI=1S/C10H16O6.C10H16O5.C2H6O2/c1-3-13-8(11)7(9(12)14-4-2)10-15-5-6-16-10;1-4-13-7-8(9(11)14-5-2)10(12)15-6-3;3-1-2-4/h7,10H,3-6H2,1-2H3;7H,4-6H2,1-3H3;3-4H,1-2H2. The average molecular weight is 511 g/mol. The zero-order chi connectivity index (χ0) is 27.1. The third-order valence-corrected chi connectivity index (χ3v) is 3.46. The summed E-state index contributed by atoms with van der Waals surface area (Å²) in [5.41, 5.74) is -0.222. The Balaban J connectivity index is 0. The van der Waals surface area contributed by atoms with Crippen molar-refractivity contribution < 1.29 is 62.5 Å². The van der Waals surface area contributed by atoms with Crippen molar-refractivity contribution in [1.82, 2.24) is 0 Å². The molecule has 0 saturated carbocycles. The smallest absolute Gasteiger partial charge is 0.348 e. The van der Waals surface area contributed by atoms with E-state index < -0.39 is 36.1 Å². The zero-order valence-electron chi connectivity index (χ0n) is 21.0. The minimum Gasteiger partial charge on any atom is -0.500 e. The molecule has 2 N–H and O–H groups in total. The maximum Gasteiger partial charge on any atom is 0.348 e. The van der Waals surface area contributed by atoms with Crippen molar-refractivity contribution in [3.63, 3.8) is 0 Å². The van der Waals surface area contributed by atoms with Crippen LogP contribution in [0.4, 0.5) is 0 Å². The molecule has 0 amide bonds. The van der Waals surface area contributed by atoms with Gasteiger partial charge in [-0.2, -0.15) is 0 Å². The third kappa shape index (κ3) is 15.7. The third-order valence-electron chi connectivity index (χ3n) is 3.46. The molecular formula is C22H38O13. The number of hydrogen-bond acceptors (Lipinski definition) is 13. The molecule has 0 spiro atoms. The SMILES string of the molecule is CCOC(=O)C(C(=O)OCC)C1OCCO1.CCOC=C(C(=O)OCC)C(=O)OCC.OCCO. The number of carbonyl (C=O) groups excluding carboxylic acids is 4. The Kier molecular flexibility index (Phi) is 22.6. The van der Waals surface area contributed by atoms with Crippen molar-refractivity contribution in [2.75, 3.05) is 59.5 Å². The molecule has 35 heavy (non-hydrogen) atoms. The van der Waals surface area contributed by atoms with E-state index in [9.17, 15) is 19.2 Å². The van der Waals surface area contributed by atoms with Gasteiger partial charge in [0.05, 0.1) is 59.5 Å². The van der Waals surface area contributed by atoms with Gasteiger partial charge >= 0.3 is 23.9 Å². The number of aliphatic hydroxyl groups excluding tert-OH is 2. The maximum absolute atomic E-state index is 11.6. The van der Waals surface area contributed by atoms with Gasteiger partial charge in [0.25, 0.3) is 0 Å². The minimum absolute atomic E-state index is 0.125. The first-order chi connectivity index (χ1) is 16.8. The first kappa shape index (κ1) is 34.4. The summed E-state index contributed by atoms with van der Waals surface area (Å²) in [6.07, 6.45) is 0.175. The van der Waals surface area contributed by atoms with Crippen molar-refractivity contribution in [1.29, 1.82) is 0 Å². The highest BCUT2D eigenvalue weighted by Crippen LogP contribution is 2.18. The summed E-state index contributed by atoms with van der Waals surface area (Å²) in [5, 5.41) is 15.2. The minimum atomic E-state index is -1.15. The van der Waals surface area contributed by atoms with Crippen LogP contribution in [0.15, 0.2) is 11.8 Å². The lowest BCUT2D eigenvalue weighted by atomic mass is 10.1. The lowest BCUT2D eigenvalue weighted by molar-refractivity contribution is -0.180. The molecule has 13 nitrogen and oxygen atoms in total. The summed E-state index contributed by atoms with van der Waals surface area (Å²) in [6, 6.07) is 0. The molecule has 0 radical (unpaired) electrons. The van der Waals surface area contributed by atoms with Crippen LogP contribution in [0.1, 0.15) is 34.6 Å². The van der Waals surface area contributed by atoms with Gasteiger partial charge in [-0.05, 0) is 34.6 Å². The second-order valence-corrected chi connectivity index (χ2v) is 5.97. The quantitative estimate of drug-likeness (QED) is 0.0905. The van der Waals surface area contributed by atoms with Crippen LogP contribution in [0.3, 0.4) is 0 Å². The summed E-state index contributed by atoms with van der Waals surface area (Å²) >= 11 is 0. The first-order valence-corrected chi connectivity index (χ1v) is 11.2. The van der Waals surface area contributed by atoms with Crippen molar-refractivity contribution in [3.05, 3.63) is 11.8 Å². The van der Waals surface area contributed by atoms with E-state index in [-0.39, 0.29) is 45.2 Å². The van der Waals surface area contributed by atoms with Gasteiger partial charge in [-0.25, -0.2) is 9.59 Å². The Morgan fingerprint density at radius 1 is 0.743 bits per heavy atom. The number of hydrogen-bond donors (Lipinski definition) is 2. The van der Waals surface area contributed by atoms with Gasteiger partial charge in [0.15, 0.2) is 11.9 Å². The summed E-state index contributed by atoms with van der Waals surface area (Å²) < 4.78 is 34.0. The van der Waals surface area contributed by atoms with Crippen LogP contribution in [-0.2, 0) is 52.3 Å². The zero-order valence-corrected chi connectivity index (χ0v) is 21.0. The second-order valence-electron chi connectivity index (χ2n) is 5.97. The largest absolute Gasteiger partial charge is 0.500 e. The van der Waals surface area contributed by atoms with Gasteiger partial charge in [0.2, 0.25) is 5.92 Å². The fraction of sp³-hybridized carbons (Fsp3) is 0.727. The van der Waals surface area contributed by atoms with Crippen molar-refractivity contribution >= 4 is 23.9 Å². The van der Waals surface area contributed by atoms with E-state index in [4.69, 9.17) is 33.9 Å². The fourth-order valence-electron chi connectivity index (χ4n) is 2.12. The molecule has 0 unspecified atom stereocenters. The normalized spacial score (nSPS) is 12.2. The van der Waals surface area contributed by atoms with Gasteiger partial charge in [-0.1, -0.05) is 0 Å². The summed E-state index contributed by atoms with van der Waals surface area (Å²) in [5.74, 6) is -3.96. The number of ether oxygens (including phenoxy) is 7. The van der Waals surface area contributed by atoms with E-state index in [2.05, 4.69) is 9.47 Å². The number of carbonyl (C=O) groups is 4. The van der Waals surface area contributed by atoms with E-state index in [0.717, 1.165) is 6.26 Å². The van der Waals surface area contributed by atoms with Crippen LogP contribution in [0, 0.1) is 5.92 Å². The van der Waals surface area contributed by atoms with Crippen LogP contribution >= 0.6 is 0 Å².